The van der Waals surface area contributed by atoms with Gasteiger partial charge < -0.3 is 9.47 Å². The highest BCUT2D eigenvalue weighted by molar-refractivity contribution is 5.72. The van der Waals surface area contributed by atoms with E-state index >= 15 is 0 Å². The number of methoxy groups -OCH3 is 2. The number of nitrogens with zero attached hydrogens (tertiary/aromatic N) is 4. The third-order valence-corrected chi connectivity index (χ3v) is 5.77. The molecule has 0 aliphatic carbocycles. The summed E-state index contributed by atoms with van der Waals surface area (Å²) in [6, 6.07) is 22.2. The molecule has 6 heteroatoms. The third-order valence-electron chi connectivity index (χ3n) is 5.77. The van der Waals surface area contributed by atoms with E-state index in [0.29, 0.717) is 11.5 Å². The molecule has 2 aromatic carbocycles. The monoisotopic (exact) mass is 436 g/mol. The molecular formula is C27H24N4O2. The van der Waals surface area contributed by atoms with Crippen molar-refractivity contribution in [3.63, 3.8) is 0 Å². The van der Waals surface area contributed by atoms with Crippen molar-refractivity contribution in [1.29, 1.82) is 0 Å². The normalized spacial score (nSPS) is 11.0. The summed E-state index contributed by atoms with van der Waals surface area (Å²) in [4.78, 5) is 9.25. The van der Waals surface area contributed by atoms with Crippen LogP contribution in [0.1, 0.15) is 11.3 Å². The lowest BCUT2D eigenvalue weighted by Gasteiger charge is -2.10. The lowest BCUT2D eigenvalue weighted by atomic mass is 10.0. The largest absolute Gasteiger partial charge is 0.493 e. The molecule has 0 radical (unpaired) electrons. The van der Waals surface area contributed by atoms with Crippen molar-refractivity contribution in [3.8, 4) is 45.3 Å². The number of rotatable bonds is 5. The number of aromatic nitrogens is 4. The number of benzene rings is 2. The predicted molar refractivity (Wildman–Crippen MR) is 130 cm³/mol. The fraction of sp³-hybridized carbons (Fsp3) is 0.148. The van der Waals surface area contributed by atoms with Gasteiger partial charge in [0.25, 0.3) is 0 Å². The van der Waals surface area contributed by atoms with Crippen molar-refractivity contribution in [2.75, 3.05) is 14.2 Å². The van der Waals surface area contributed by atoms with Gasteiger partial charge in [-0.3, -0.25) is 4.98 Å². The molecule has 0 fully saturated rings. The lowest BCUT2D eigenvalue weighted by Crippen LogP contribution is -1.98. The molecule has 3 heterocycles. The van der Waals surface area contributed by atoms with E-state index in [2.05, 4.69) is 42.2 Å². The zero-order valence-corrected chi connectivity index (χ0v) is 19.0. The number of ether oxygens (including phenoxy) is 2. The second kappa shape index (κ2) is 8.39. The minimum Gasteiger partial charge on any atom is -0.493 e. The van der Waals surface area contributed by atoms with Gasteiger partial charge in [0.05, 0.1) is 37.0 Å². The van der Waals surface area contributed by atoms with Crippen molar-refractivity contribution < 1.29 is 9.47 Å². The number of aryl methyl sites for hydroxylation is 2. The maximum atomic E-state index is 5.46. The SMILES string of the molecule is COc1ccc(-c2ccc3nc(C)c(-c4ccc(-c5ncccc5C)cc4)n3n2)cc1OC. The number of hydrogen-bond donors (Lipinski definition) is 0. The molecule has 0 saturated carbocycles. The molecule has 0 aliphatic rings. The Morgan fingerprint density at radius 3 is 2.21 bits per heavy atom. The molecule has 0 amide bonds. The van der Waals surface area contributed by atoms with Crippen LogP contribution in [0.2, 0.25) is 0 Å². The average molecular weight is 437 g/mol. The van der Waals surface area contributed by atoms with E-state index in [0.717, 1.165) is 50.7 Å². The van der Waals surface area contributed by atoms with Gasteiger partial charge in [-0.15, -0.1) is 0 Å². The van der Waals surface area contributed by atoms with Crippen LogP contribution in [-0.4, -0.2) is 33.8 Å². The van der Waals surface area contributed by atoms with Crippen molar-refractivity contribution in [3.05, 3.63) is 84.2 Å². The number of pyridine rings is 1. The molecule has 0 aliphatic heterocycles. The molecule has 33 heavy (non-hydrogen) atoms. The van der Waals surface area contributed by atoms with Crippen LogP contribution in [0.5, 0.6) is 11.5 Å². The number of imidazole rings is 1. The molecule has 3 aromatic heterocycles. The van der Waals surface area contributed by atoms with E-state index < -0.39 is 0 Å². The van der Waals surface area contributed by atoms with E-state index in [1.165, 1.54) is 0 Å². The summed E-state index contributed by atoms with van der Waals surface area (Å²) < 4.78 is 12.7. The summed E-state index contributed by atoms with van der Waals surface area (Å²) in [5, 5.41) is 4.91. The summed E-state index contributed by atoms with van der Waals surface area (Å²) in [6.45, 7) is 4.08. The maximum Gasteiger partial charge on any atom is 0.161 e. The first-order valence-electron chi connectivity index (χ1n) is 10.7. The molecule has 0 bridgehead atoms. The molecule has 6 nitrogen and oxygen atoms in total. The average Bonchev–Trinajstić information content (AvgIpc) is 3.19. The molecule has 0 atom stereocenters. The van der Waals surface area contributed by atoms with Gasteiger partial charge in [-0.25, -0.2) is 9.50 Å². The molecule has 5 aromatic rings. The van der Waals surface area contributed by atoms with Gasteiger partial charge in [0, 0.05) is 22.9 Å². The van der Waals surface area contributed by atoms with Crippen molar-refractivity contribution in [2.24, 2.45) is 0 Å². The smallest absolute Gasteiger partial charge is 0.161 e. The number of fused-ring (bicyclic) bond motifs is 1. The molecule has 0 unspecified atom stereocenters. The Labute approximate surface area is 192 Å². The Balaban J connectivity index is 1.58. The highest BCUT2D eigenvalue weighted by Gasteiger charge is 2.15. The Morgan fingerprint density at radius 2 is 1.48 bits per heavy atom. The van der Waals surface area contributed by atoms with Crippen molar-refractivity contribution in [1.82, 2.24) is 19.6 Å². The van der Waals surface area contributed by atoms with Crippen LogP contribution in [0.15, 0.2) is 72.9 Å². The summed E-state index contributed by atoms with van der Waals surface area (Å²) >= 11 is 0. The highest BCUT2D eigenvalue weighted by atomic mass is 16.5. The molecule has 0 N–H and O–H groups in total. The van der Waals surface area contributed by atoms with Crippen LogP contribution < -0.4 is 9.47 Å². The van der Waals surface area contributed by atoms with Crippen LogP contribution in [0, 0.1) is 13.8 Å². The lowest BCUT2D eigenvalue weighted by molar-refractivity contribution is 0.355. The minimum atomic E-state index is 0.666. The summed E-state index contributed by atoms with van der Waals surface area (Å²) in [5.41, 5.74) is 8.74. The summed E-state index contributed by atoms with van der Waals surface area (Å²) in [7, 11) is 3.26. The van der Waals surface area contributed by atoms with Crippen LogP contribution in [-0.2, 0) is 0 Å². The van der Waals surface area contributed by atoms with E-state index in [4.69, 9.17) is 19.6 Å². The Morgan fingerprint density at radius 1 is 0.758 bits per heavy atom. The van der Waals surface area contributed by atoms with Gasteiger partial charge >= 0.3 is 0 Å². The topological polar surface area (TPSA) is 61.5 Å². The second-order valence-corrected chi connectivity index (χ2v) is 7.85. The van der Waals surface area contributed by atoms with Gasteiger partial charge in [-0.05, 0) is 55.8 Å². The first-order chi connectivity index (χ1) is 16.1. The quantitative estimate of drug-likeness (QED) is 0.351. The van der Waals surface area contributed by atoms with Crippen molar-refractivity contribution in [2.45, 2.75) is 13.8 Å². The van der Waals surface area contributed by atoms with Crippen LogP contribution in [0.3, 0.4) is 0 Å². The Kier molecular flexibility index (Phi) is 5.26. The molecule has 5 rings (SSSR count). The minimum absolute atomic E-state index is 0.666. The first kappa shape index (κ1) is 20.7. The van der Waals surface area contributed by atoms with Gasteiger partial charge in [-0.1, -0.05) is 30.3 Å². The molecule has 164 valence electrons. The second-order valence-electron chi connectivity index (χ2n) is 7.85. The summed E-state index contributed by atoms with van der Waals surface area (Å²) in [5.74, 6) is 1.35. The molecular weight excluding hydrogens is 412 g/mol. The Hall–Kier alpha value is -4.19. The van der Waals surface area contributed by atoms with Crippen LogP contribution in [0.4, 0.5) is 0 Å². The maximum absolute atomic E-state index is 5.46. The highest BCUT2D eigenvalue weighted by Crippen LogP contribution is 2.33. The van der Waals surface area contributed by atoms with Crippen LogP contribution in [0.25, 0.3) is 39.4 Å². The van der Waals surface area contributed by atoms with E-state index in [1.54, 1.807) is 14.2 Å². The molecule has 0 spiro atoms. The van der Waals surface area contributed by atoms with Gasteiger partial charge in [0.15, 0.2) is 17.1 Å². The Bertz CT molecular complexity index is 1460. The zero-order valence-electron chi connectivity index (χ0n) is 19.0. The third kappa shape index (κ3) is 3.69. The fourth-order valence-electron chi connectivity index (χ4n) is 4.10. The predicted octanol–water partition coefficient (Wildman–Crippen LogP) is 5.76. The van der Waals surface area contributed by atoms with Gasteiger partial charge in [0.1, 0.15) is 0 Å². The van der Waals surface area contributed by atoms with Gasteiger partial charge in [0.2, 0.25) is 0 Å². The standard InChI is InChI=1S/C27H24N4O2/c1-17-6-5-15-28-26(17)19-7-9-20(10-8-19)27-18(2)29-25-14-12-22(30-31(25)27)21-11-13-23(32-3)24(16-21)33-4/h5-16H,1-4H3. The van der Waals surface area contributed by atoms with E-state index in [9.17, 15) is 0 Å². The zero-order chi connectivity index (χ0) is 22.9. The molecule has 0 saturated heterocycles. The first-order valence-corrected chi connectivity index (χ1v) is 10.7. The van der Waals surface area contributed by atoms with Crippen LogP contribution >= 0.6 is 0 Å². The summed E-state index contributed by atoms with van der Waals surface area (Å²) in [6.07, 6.45) is 1.82. The van der Waals surface area contributed by atoms with Gasteiger partial charge in [-0.2, -0.15) is 5.10 Å². The van der Waals surface area contributed by atoms with E-state index in [1.807, 2.05) is 54.0 Å². The number of hydrogen-bond acceptors (Lipinski definition) is 5. The van der Waals surface area contributed by atoms with E-state index in [-0.39, 0.29) is 0 Å². The fourth-order valence-corrected chi connectivity index (χ4v) is 4.10. The van der Waals surface area contributed by atoms with Crippen molar-refractivity contribution >= 4 is 5.65 Å².